The highest BCUT2D eigenvalue weighted by atomic mass is 35.5. The van der Waals surface area contributed by atoms with E-state index in [2.05, 4.69) is 15.0 Å². The summed E-state index contributed by atoms with van der Waals surface area (Å²) in [5.41, 5.74) is 0.948. The summed E-state index contributed by atoms with van der Waals surface area (Å²) in [7, 11) is 1.45. The lowest BCUT2D eigenvalue weighted by Gasteiger charge is -2.28. The van der Waals surface area contributed by atoms with Gasteiger partial charge in [0.05, 0.1) is 18.7 Å². The van der Waals surface area contributed by atoms with Gasteiger partial charge in [-0.3, -0.25) is 0 Å². The lowest BCUT2D eigenvalue weighted by molar-refractivity contribution is -0.000249. The average Bonchev–Trinajstić information content (AvgIpc) is 2.82. The Balaban J connectivity index is 2.04. The first-order valence-corrected chi connectivity index (χ1v) is 12.9. The van der Waals surface area contributed by atoms with Crippen LogP contribution in [0.1, 0.15) is 52.7 Å². The monoisotopic (exact) mass is 574 g/mol. The number of aryl methyl sites for hydroxylation is 1. The molecule has 1 aromatic heterocycles. The zero-order chi connectivity index (χ0) is 29.1. The summed E-state index contributed by atoms with van der Waals surface area (Å²) in [5.74, 6) is 0.575. The molecule has 3 aromatic rings. The van der Waals surface area contributed by atoms with Crippen LogP contribution in [-0.4, -0.2) is 50.4 Å². The molecule has 9 nitrogen and oxygen atoms in total. The zero-order valence-corrected chi connectivity index (χ0v) is 24.8. The first-order valence-electron chi connectivity index (χ1n) is 12.1. The number of nitrogens with zero attached hydrogens (tertiary/aromatic N) is 4. The number of carbonyl (C=O) groups excluding carboxylic acids is 2. The van der Waals surface area contributed by atoms with E-state index < -0.39 is 23.4 Å². The summed E-state index contributed by atoms with van der Waals surface area (Å²) in [6, 6.07) is 10.6. The van der Waals surface area contributed by atoms with Crippen molar-refractivity contribution in [3.05, 3.63) is 57.6 Å². The van der Waals surface area contributed by atoms with E-state index in [1.54, 1.807) is 65.8 Å². The number of imide groups is 1. The Labute approximate surface area is 238 Å². The van der Waals surface area contributed by atoms with Gasteiger partial charge in [-0.2, -0.15) is 9.97 Å². The van der Waals surface area contributed by atoms with Crippen LogP contribution in [0.15, 0.2) is 36.4 Å². The molecule has 0 saturated heterocycles. The second kappa shape index (κ2) is 11.8. The van der Waals surface area contributed by atoms with Gasteiger partial charge in [0.1, 0.15) is 11.2 Å². The highest BCUT2D eigenvalue weighted by Gasteiger charge is 2.31. The van der Waals surface area contributed by atoms with Gasteiger partial charge in [0, 0.05) is 16.1 Å². The Morgan fingerprint density at radius 3 is 1.95 bits per heavy atom. The Morgan fingerprint density at radius 2 is 1.41 bits per heavy atom. The number of methoxy groups -OCH3 is 1. The molecule has 0 fully saturated rings. The standard InChI is InChI=1S/C28H32Cl2N4O5/c1-16-9-11-18(14-21(16)30)22-31-23(33-24(32-22)37-8)19-13-17(10-12-20(19)29)15-34(25(35)38-27(2,3)4)26(36)39-28(5,6)7/h9-14H,15H2,1-8H3. The summed E-state index contributed by atoms with van der Waals surface area (Å²) in [5, 5.41) is 0.916. The highest BCUT2D eigenvalue weighted by molar-refractivity contribution is 6.33. The molecule has 0 aliphatic heterocycles. The maximum absolute atomic E-state index is 13.0. The predicted molar refractivity (Wildman–Crippen MR) is 150 cm³/mol. The summed E-state index contributed by atoms with van der Waals surface area (Å²) in [6.45, 7) is 12.0. The molecule has 11 heteroatoms. The van der Waals surface area contributed by atoms with Crippen molar-refractivity contribution >= 4 is 35.4 Å². The van der Waals surface area contributed by atoms with Crippen LogP contribution in [0.4, 0.5) is 9.59 Å². The largest absolute Gasteiger partial charge is 0.467 e. The van der Waals surface area contributed by atoms with Crippen molar-refractivity contribution in [3.63, 3.8) is 0 Å². The van der Waals surface area contributed by atoms with Gasteiger partial charge < -0.3 is 14.2 Å². The molecule has 0 radical (unpaired) electrons. The van der Waals surface area contributed by atoms with Gasteiger partial charge in [0.25, 0.3) is 0 Å². The first-order chi connectivity index (χ1) is 18.1. The molecule has 1 heterocycles. The van der Waals surface area contributed by atoms with Crippen LogP contribution in [0.25, 0.3) is 22.8 Å². The van der Waals surface area contributed by atoms with E-state index in [9.17, 15) is 9.59 Å². The van der Waals surface area contributed by atoms with E-state index in [0.717, 1.165) is 10.5 Å². The van der Waals surface area contributed by atoms with E-state index in [1.165, 1.54) is 7.11 Å². The molecule has 0 spiro atoms. The molecular formula is C28H32Cl2N4O5. The molecule has 2 amide bonds. The maximum Gasteiger partial charge on any atom is 0.420 e. The highest BCUT2D eigenvalue weighted by Crippen LogP contribution is 2.31. The second-order valence-corrected chi connectivity index (χ2v) is 11.6. The molecule has 0 saturated carbocycles. The zero-order valence-electron chi connectivity index (χ0n) is 23.3. The summed E-state index contributed by atoms with van der Waals surface area (Å²) < 4.78 is 16.2. The van der Waals surface area contributed by atoms with Gasteiger partial charge >= 0.3 is 18.2 Å². The smallest absolute Gasteiger partial charge is 0.420 e. The fourth-order valence-corrected chi connectivity index (χ4v) is 3.67. The number of benzene rings is 2. The van der Waals surface area contributed by atoms with E-state index in [4.69, 9.17) is 37.4 Å². The molecule has 3 rings (SSSR count). The van der Waals surface area contributed by atoms with Gasteiger partial charge in [-0.05, 0) is 77.8 Å². The second-order valence-electron chi connectivity index (χ2n) is 10.8. The Morgan fingerprint density at radius 1 is 0.821 bits per heavy atom. The molecule has 0 aliphatic rings. The van der Waals surface area contributed by atoms with Crippen molar-refractivity contribution in [2.75, 3.05) is 7.11 Å². The van der Waals surface area contributed by atoms with Gasteiger partial charge in [-0.15, -0.1) is 0 Å². The van der Waals surface area contributed by atoms with Crippen molar-refractivity contribution < 1.29 is 23.8 Å². The van der Waals surface area contributed by atoms with Crippen LogP contribution in [0, 0.1) is 6.92 Å². The Hall–Kier alpha value is -3.43. The molecule has 0 bridgehead atoms. The lowest BCUT2D eigenvalue weighted by Crippen LogP contribution is -2.43. The van der Waals surface area contributed by atoms with Crippen LogP contribution in [0.2, 0.25) is 10.0 Å². The number of hydrogen-bond donors (Lipinski definition) is 0. The summed E-state index contributed by atoms with van der Waals surface area (Å²) in [4.78, 5) is 40.2. The summed E-state index contributed by atoms with van der Waals surface area (Å²) in [6.07, 6.45) is -1.68. The van der Waals surface area contributed by atoms with Gasteiger partial charge in [0.2, 0.25) is 0 Å². The van der Waals surface area contributed by atoms with Gasteiger partial charge in [0.15, 0.2) is 11.6 Å². The molecule has 0 aliphatic carbocycles. The third-order valence-corrected chi connectivity index (χ3v) is 5.80. The molecular weight excluding hydrogens is 543 g/mol. The van der Waals surface area contributed by atoms with E-state index in [1.807, 2.05) is 19.1 Å². The van der Waals surface area contributed by atoms with Crippen LogP contribution in [0.3, 0.4) is 0 Å². The Kier molecular flexibility index (Phi) is 9.08. The van der Waals surface area contributed by atoms with Crippen LogP contribution >= 0.6 is 23.2 Å². The van der Waals surface area contributed by atoms with Gasteiger partial charge in [-0.25, -0.2) is 19.5 Å². The van der Waals surface area contributed by atoms with Crippen LogP contribution in [-0.2, 0) is 16.0 Å². The molecule has 0 N–H and O–H groups in total. The van der Waals surface area contributed by atoms with Crippen LogP contribution in [0.5, 0.6) is 6.01 Å². The predicted octanol–water partition coefficient (Wildman–Crippen LogP) is 7.50. The minimum atomic E-state index is -0.839. The maximum atomic E-state index is 13.0. The van der Waals surface area contributed by atoms with E-state index in [-0.39, 0.29) is 18.4 Å². The number of aromatic nitrogens is 3. The Bertz CT molecular complexity index is 1360. The number of ether oxygens (including phenoxy) is 3. The molecule has 208 valence electrons. The minimum absolute atomic E-state index is 0.0808. The number of halogens is 2. The SMILES string of the molecule is COc1nc(-c2ccc(C)c(Cl)c2)nc(-c2cc(CN(C(=O)OC(C)(C)C)C(=O)OC(C)(C)C)ccc2Cl)n1. The number of rotatable bonds is 5. The van der Waals surface area contributed by atoms with Crippen molar-refractivity contribution in [3.8, 4) is 28.8 Å². The quantitative estimate of drug-likeness (QED) is 0.308. The van der Waals surface area contributed by atoms with Crippen molar-refractivity contribution in [1.29, 1.82) is 0 Å². The number of carbonyl (C=O) groups is 2. The van der Waals surface area contributed by atoms with Gasteiger partial charge in [-0.1, -0.05) is 41.4 Å². The van der Waals surface area contributed by atoms with Crippen LogP contribution < -0.4 is 4.74 Å². The third-order valence-electron chi connectivity index (χ3n) is 5.07. The van der Waals surface area contributed by atoms with Crippen molar-refractivity contribution in [2.24, 2.45) is 0 Å². The van der Waals surface area contributed by atoms with Crippen molar-refractivity contribution in [1.82, 2.24) is 19.9 Å². The molecule has 39 heavy (non-hydrogen) atoms. The third kappa shape index (κ3) is 8.28. The fourth-order valence-electron chi connectivity index (χ4n) is 3.29. The minimum Gasteiger partial charge on any atom is -0.467 e. The fraction of sp³-hybridized carbons (Fsp3) is 0.393. The van der Waals surface area contributed by atoms with E-state index in [0.29, 0.717) is 32.6 Å². The summed E-state index contributed by atoms with van der Waals surface area (Å²) >= 11 is 12.9. The first kappa shape index (κ1) is 30.1. The lowest BCUT2D eigenvalue weighted by atomic mass is 10.1. The van der Waals surface area contributed by atoms with E-state index >= 15 is 0 Å². The molecule has 2 aromatic carbocycles. The number of amides is 2. The number of hydrogen-bond acceptors (Lipinski definition) is 8. The molecule has 0 unspecified atom stereocenters. The average molecular weight is 575 g/mol. The normalized spacial score (nSPS) is 11.6. The molecule has 0 atom stereocenters. The topological polar surface area (TPSA) is 104 Å². The van der Waals surface area contributed by atoms with Crippen molar-refractivity contribution in [2.45, 2.75) is 66.2 Å².